The van der Waals surface area contributed by atoms with E-state index in [2.05, 4.69) is 19.7 Å². The molecule has 3 aromatic rings. The lowest BCUT2D eigenvalue weighted by Crippen LogP contribution is -2.29. The van der Waals surface area contributed by atoms with Crippen LogP contribution in [0.2, 0.25) is 0 Å². The van der Waals surface area contributed by atoms with E-state index in [0.29, 0.717) is 30.8 Å². The fourth-order valence-electron chi connectivity index (χ4n) is 3.90. The molecule has 0 fully saturated rings. The van der Waals surface area contributed by atoms with Gasteiger partial charge in [0.25, 0.3) is 0 Å². The largest absolute Gasteiger partial charge is 0.490 e. The summed E-state index contributed by atoms with van der Waals surface area (Å²) < 4.78 is 37.5. The van der Waals surface area contributed by atoms with Crippen LogP contribution in [0.5, 0.6) is 23.0 Å². The number of esters is 5. The normalized spacial score (nSPS) is 10.9. The van der Waals surface area contributed by atoms with Gasteiger partial charge in [-0.15, -0.1) is 0 Å². The Labute approximate surface area is 283 Å². The van der Waals surface area contributed by atoms with Crippen LogP contribution in [0.25, 0.3) is 0 Å². The zero-order valence-electron chi connectivity index (χ0n) is 26.9. The minimum absolute atomic E-state index is 0.0209. The molecule has 0 aromatic heterocycles. The van der Waals surface area contributed by atoms with Gasteiger partial charge in [0, 0.05) is 24.8 Å². The zero-order chi connectivity index (χ0) is 35.6. The molecule has 3 aromatic carbocycles. The van der Waals surface area contributed by atoms with Gasteiger partial charge < -0.3 is 33.2 Å². The standard InChI is InChI=1S/C37H36O12/c1-5-33(38)44-21-9-8-20-43-23-31(47-35(40)7-3)24-45-28-14-10-27(11-15-28)37(42)49-32-19-18-30(22-25(32)4)48-36(41)26-12-16-29(17-13-26)46-34(39)6-2/h5-7,10-19,22,31H,1-3,8-9,20-21,23-24H2,4H3. The van der Waals surface area contributed by atoms with Crippen LogP contribution in [0.4, 0.5) is 0 Å². The number of carbonyl (C=O) groups excluding carboxylic acids is 5. The van der Waals surface area contributed by atoms with Gasteiger partial charge in [-0.2, -0.15) is 0 Å². The van der Waals surface area contributed by atoms with Gasteiger partial charge in [-0.25, -0.2) is 24.0 Å². The first kappa shape index (κ1) is 37.4. The van der Waals surface area contributed by atoms with Crippen LogP contribution < -0.4 is 18.9 Å². The second-order valence-electron chi connectivity index (χ2n) is 10.1. The number of hydrogen-bond donors (Lipinski definition) is 0. The van der Waals surface area contributed by atoms with Gasteiger partial charge >= 0.3 is 29.8 Å². The first-order valence-electron chi connectivity index (χ1n) is 15.0. The van der Waals surface area contributed by atoms with Crippen molar-refractivity contribution in [3.8, 4) is 23.0 Å². The second kappa shape index (κ2) is 19.6. The van der Waals surface area contributed by atoms with Crippen molar-refractivity contribution in [2.75, 3.05) is 26.4 Å². The fourth-order valence-corrected chi connectivity index (χ4v) is 3.90. The van der Waals surface area contributed by atoms with E-state index in [-0.39, 0.29) is 48.2 Å². The third-order valence-electron chi connectivity index (χ3n) is 6.41. The fraction of sp³-hybridized carbons (Fsp3) is 0.216. The summed E-state index contributed by atoms with van der Waals surface area (Å²) >= 11 is 0. The first-order chi connectivity index (χ1) is 23.6. The van der Waals surface area contributed by atoms with Crippen molar-refractivity contribution >= 4 is 29.8 Å². The third-order valence-corrected chi connectivity index (χ3v) is 6.41. The highest BCUT2D eigenvalue weighted by Gasteiger charge is 2.17. The third kappa shape index (κ3) is 13.0. The number of benzene rings is 3. The molecule has 0 radical (unpaired) electrons. The van der Waals surface area contributed by atoms with Gasteiger partial charge in [0.05, 0.1) is 24.3 Å². The molecule has 0 aliphatic rings. The van der Waals surface area contributed by atoms with E-state index in [4.69, 9.17) is 33.2 Å². The summed E-state index contributed by atoms with van der Waals surface area (Å²) in [4.78, 5) is 59.5. The summed E-state index contributed by atoms with van der Waals surface area (Å²) in [7, 11) is 0. The molecule has 0 N–H and O–H groups in total. The highest BCUT2D eigenvalue weighted by atomic mass is 16.6. The molecule has 3 rings (SSSR count). The SMILES string of the molecule is C=CC(=O)OCCCCOCC(COc1ccc(C(=O)Oc2ccc(OC(=O)c3ccc(OC(=O)C=C)cc3)cc2C)cc1)OC(=O)C=C. The second-order valence-corrected chi connectivity index (χ2v) is 10.1. The number of ether oxygens (including phenoxy) is 7. The lowest BCUT2D eigenvalue weighted by molar-refractivity contribution is -0.148. The van der Waals surface area contributed by atoms with Crippen LogP contribution in [0.1, 0.15) is 39.1 Å². The number of aryl methyl sites for hydroxylation is 1. The van der Waals surface area contributed by atoms with Crippen molar-refractivity contribution in [3.63, 3.8) is 0 Å². The van der Waals surface area contributed by atoms with Gasteiger partial charge in [-0.05, 0) is 92.1 Å². The van der Waals surface area contributed by atoms with Gasteiger partial charge in [-0.3, -0.25) is 0 Å². The summed E-state index contributed by atoms with van der Waals surface area (Å²) in [6.45, 7) is 12.4. The Balaban J connectivity index is 1.49. The van der Waals surface area contributed by atoms with Crippen LogP contribution in [-0.2, 0) is 28.6 Å². The molecule has 0 aliphatic carbocycles. The van der Waals surface area contributed by atoms with Crippen molar-refractivity contribution < 1.29 is 57.1 Å². The summed E-state index contributed by atoms with van der Waals surface area (Å²) in [6, 6.07) is 16.6. The number of hydrogen-bond acceptors (Lipinski definition) is 12. The molecule has 12 heteroatoms. The summed E-state index contributed by atoms with van der Waals surface area (Å²) in [6.07, 6.45) is 3.65. The molecule has 1 atom stereocenters. The topological polar surface area (TPSA) is 150 Å². The molecule has 12 nitrogen and oxygen atoms in total. The van der Waals surface area contributed by atoms with E-state index in [1.165, 1.54) is 48.5 Å². The van der Waals surface area contributed by atoms with Gasteiger partial charge in [0.2, 0.25) is 0 Å². The molecular formula is C37H36O12. The van der Waals surface area contributed by atoms with E-state index in [1.54, 1.807) is 25.1 Å². The monoisotopic (exact) mass is 672 g/mol. The van der Waals surface area contributed by atoms with Crippen molar-refractivity contribution in [1.82, 2.24) is 0 Å². The maximum absolute atomic E-state index is 12.8. The van der Waals surface area contributed by atoms with Gasteiger partial charge in [0.1, 0.15) is 29.6 Å². The maximum atomic E-state index is 12.8. The highest BCUT2D eigenvalue weighted by molar-refractivity contribution is 5.92. The molecule has 49 heavy (non-hydrogen) atoms. The highest BCUT2D eigenvalue weighted by Crippen LogP contribution is 2.26. The maximum Gasteiger partial charge on any atom is 0.343 e. The van der Waals surface area contributed by atoms with Crippen LogP contribution in [-0.4, -0.2) is 62.4 Å². The van der Waals surface area contributed by atoms with Crippen molar-refractivity contribution in [3.05, 3.63) is 121 Å². The molecule has 0 heterocycles. The minimum Gasteiger partial charge on any atom is -0.490 e. The lowest BCUT2D eigenvalue weighted by atomic mass is 10.2. The molecule has 0 amide bonds. The number of rotatable bonds is 19. The Bertz CT molecular complexity index is 1640. The average Bonchev–Trinajstić information content (AvgIpc) is 3.11. The van der Waals surface area contributed by atoms with Gasteiger partial charge in [-0.1, -0.05) is 19.7 Å². The van der Waals surface area contributed by atoms with Crippen molar-refractivity contribution in [1.29, 1.82) is 0 Å². The van der Waals surface area contributed by atoms with Crippen LogP contribution >= 0.6 is 0 Å². The molecular weight excluding hydrogens is 636 g/mol. The van der Waals surface area contributed by atoms with Crippen molar-refractivity contribution in [2.45, 2.75) is 25.9 Å². The number of carbonyl (C=O) groups is 5. The molecule has 0 spiro atoms. The van der Waals surface area contributed by atoms with E-state index < -0.39 is 36.0 Å². The lowest BCUT2D eigenvalue weighted by Gasteiger charge is -2.18. The smallest absolute Gasteiger partial charge is 0.343 e. The van der Waals surface area contributed by atoms with Gasteiger partial charge in [0.15, 0.2) is 6.10 Å². The first-order valence-corrected chi connectivity index (χ1v) is 15.0. The Morgan fingerprint density at radius 3 is 1.82 bits per heavy atom. The average molecular weight is 673 g/mol. The summed E-state index contributed by atoms with van der Waals surface area (Å²) in [5.41, 5.74) is 1.03. The Morgan fingerprint density at radius 1 is 0.633 bits per heavy atom. The predicted molar refractivity (Wildman–Crippen MR) is 177 cm³/mol. The summed E-state index contributed by atoms with van der Waals surface area (Å²) in [5.74, 6) is -1.83. The van der Waals surface area contributed by atoms with Crippen LogP contribution in [0.3, 0.4) is 0 Å². The van der Waals surface area contributed by atoms with E-state index in [0.717, 1.165) is 18.2 Å². The molecule has 1 unspecified atom stereocenters. The minimum atomic E-state index is -0.728. The predicted octanol–water partition coefficient (Wildman–Crippen LogP) is 5.53. The molecule has 256 valence electrons. The zero-order valence-corrected chi connectivity index (χ0v) is 26.9. The number of unbranched alkanes of at least 4 members (excludes halogenated alkanes) is 1. The van der Waals surface area contributed by atoms with E-state index in [9.17, 15) is 24.0 Å². The van der Waals surface area contributed by atoms with E-state index in [1.807, 2.05) is 0 Å². The van der Waals surface area contributed by atoms with Crippen LogP contribution in [0.15, 0.2) is 105 Å². The Morgan fingerprint density at radius 2 is 1.20 bits per heavy atom. The van der Waals surface area contributed by atoms with E-state index >= 15 is 0 Å². The molecule has 0 bridgehead atoms. The Kier molecular flexibility index (Phi) is 15.0. The molecule has 0 saturated carbocycles. The Hall–Kier alpha value is -6.01. The quantitative estimate of drug-likeness (QED) is 0.0682. The molecule has 0 aliphatic heterocycles. The summed E-state index contributed by atoms with van der Waals surface area (Å²) in [5, 5.41) is 0. The van der Waals surface area contributed by atoms with Crippen LogP contribution in [0, 0.1) is 6.92 Å². The molecule has 0 saturated heterocycles. The van der Waals surface area contributed by atoms with Crippen molar-refractivity contribution in [2.24, 2.45) is 0 Å².